The van der Waals surface area contributed by atoms with E-state index in [0.29, 0.717) is 0 Å². The molecule has 0 saturated heterocycles. The van der Waals surface area contributed by atoms with Crippen LogP contribution in [0.2, 0.25) is 0 Å². The highest BCUT2D eigenvalue weighted by Gasteiger charge is 2.13. The fourth-order valence-corrected chi connectivity index (χ4v) is 3.01. The third kappa shape index (κ3) is 7.10. The van der Waals surface area contributed by atoms with E-state index in [1.807, 2.05) is 19.9 Å². The number of ether oxygens (including phenoxy) is 2. The zero-order valence-corrected chi connectivity index (χ0v) is 16.7. The van der Waals surface area contributed by atoms with Crippen LogP contribution in [0.3, 0.4) is 0 Å². The van der Waals surface area contributed by atoms with Gasteiger partial charge >= 0.3 is 0 Å². The Balaban J connectivity index is 2.53. The van der Waals surface area contributed by atoms with Gasteiger partial charge in [-0.1, -0.05) is 13.8 Å². The van der Waals surface area contributed by atoms with Gasteiger partial charge in [0.25, 0.3) is 0 Å². The molecular formula is C18H31BrN2O2. The van der Waals surface area contributed by atoms with Gasteiger partial charge in [0.05, 0.1) is 17.7 Å². The largest absolute Gasteiger partial charge is 0.493 e. The summed E-state index contributed by atoms with van der Waals surface area (Å²) in [6.45, 7) is 13.7. The Hall–Kier alpha value is -0.780. The number of hydrogen-bond donors (Lipinski definition) is 1. The zero-order chi connectivity index (χ0) is 17.2. The lowest BCUT2D eigenvalue weighted by molar-refractivity contribution is 0.228. The van der Waals surface area contributed by atoms with Crippen molar-refractivity contribution in [1.29, 1.82) is 0 Å². The topological polar surface area (TPSA) is 33.7 Å². The first-order valence-corrected chi connectivity index (χ1v) is 9.27. The van der Waals surface area contributed by atoms with Gasteiger partial charge in [0.15, 0.2) is 11.5 Å². The van der Waals surface area contributed by atoms with Gasteiger partial charge in [0, 0.05) is 6.54 Å². The Morgan fingerprint density at radius 2 is 1.91 bits per heavy atom. The molecule has 0 aliphatic carbocycles. The Kier molecular flexibility index (Phi) is 9.60. The molecule has 1 aromatic carbocycles. The van der Waals surface area contributed by atoms with E-state index in [-0.39, 0.29) is 6.10 Å². The fraction of sp³-hybridized carbons (Fsp3) is 0.667. The molecule has 0 fully saturated rings. The summed E-state index contributed by atoms with van der Waals surface area (Å²) in [5, 5.41) is 3.50. The summed E-state index contributed by atoms with van der Waals surface area (Å²) in [5.74, 6) is 1.54. The number of benzene rings is 1. The van der Waals surface area contributed by atoms with Crippen molar-refractivity contribution in [2.75, 3.05) is 33.3 Å². The first kappa shape index (κ1) is 20.3. The minimum Gasteiger partial charge on any atom is -0.493 e. The molecular weight excluding hydrogens is 356 g/mol. The van der Waals surface area contributed by atoms with E-state index in [9.17, 15) is 0 Å². The molecule has 5 heteroatoms. The standard InChI is InChI=1S/C18H31BrN2O2/c1-6-21(7-2)10-8-9-20-13-15-11-16(19)18(23-14(3)4)17(12-15)22-5/h11-12,14,20H,6-10,13H2,1-5H3. The lowest BCUT2D eigenvalue weighted by atomic mass is 10.2. The van der Waals surface area contributed by atoms with Gasteiger partial charge < -0.3 is 19.7 Å². The van der Waals surface area contributed by atoms with Gasteiger partial charge in [-0.3, -0.25) is 0 Å². The van der Waals surface area contributed by atoms with E-state index in [1.54, 1.807) is 7.11 Å². The number of methoxy groups -OCH3 is 1. The van der Waals surface area contributed by atoms with Crippen LogP contribution in [0, 0.1) is 0 Å². The van der Waals surface area contributed by atoms with Gasteiger partial charge in [-0.15, -0.1) is 0 Å². The van der Waals surface area contributed by atoms with Crippen molar-refractivity contribution in [1.82, 2.24) is 10.2 Å². The summed E-state index contributed by atoms with van der Waals surface area (Å²) in [4.78, 5) is 2.44. The maximum absolute atomic E-state index is 5.82. The summed E-state index contributed by atoms with van der Waals surface area (Å²) in [6.07, 6.45) is 1.28. The molecule has 0 radical (unpaired) electrons. The lowest BCUT2D eigenvalue weighted by Gasteiger charge is -2.18. The molecule has 0 atom stereocenters. The van der Waals surface area contributed by atoms with Gasteiger partial charge in [-0.05, 0) is 80.1 Å². The van der Waals surface area contributed by atoms with Crippen molar-refractivity contribution < 1.29 is 9.47 Å². The van der Waals surface area contributed by atoms with E-state index >= 15 is 0 Å². The highest BCUT2D eigenvalue weighted by molar-refractivity contribution is 9.10. The molecule has 0 aromatic heterocycles. The van der Waals surface area contributed by atoms with E-state index in [0.717, 1.165) is 55.1 Å². The van der Waals surface area contributed by atoms with E-state index < -0.39 is 0 Å². The van der Waals surface area contributed by atoms with Crippen molar-refractivity contribution >= 4 is 15.9 Å². The maximum Gasteiger partial charge on any atom is 0.175 e. The maximum atomic E-state index is 5.82. The summed E-state index contributed by atoms with van der Waals surface area (Å²) in [5.41, 5.74) is 1.19. The summed E-state index contributed by atoms with van der Waals surface area (Å²) in [6, 6.07) is 4.14. The molecule has 0 spiro atoms. The predicted molar refractivity (Wildman–Crippen MR) is 101 cm³/mol. The van der Waals surface area contributed by atoms with Crippen LogP contribution >= 0.6 is 15.9 Å². The molecule has 0 heterocycles. The third-order valence-corrected chi connectivity index (χ3v) is 4.28. The minimum atomic E-state index is 0.115. The molecule has 0 saturated carbocycles. The molecule has 23 heavy (non-hydrogen) atoms. The van der Waals surface area contributed by atoms with Crippen LogP contribution < -0.4 is 14.8 Å². The Morgan fingerprint density at radius 1 is 1.22 bits per heavy atom. The van der Waals surface area contributed by atoms with Gasteiger partial charge in [-0.25, -0.2) is 0 Å². The number of nitrogens with one attached hydrogen (secondary N) is 1. The van der Waals surface area contributed by atoms with Crippen LogP contribution in [0.25, 0.3) is 0 Å². The highest BCUT2D eigenvalue weighted by atomic mass is 79.9. The molecule has 0 aliphatic rings. The fourth-order valence-electron chi connectivity index (χ4n) is 2.43. The summed E-state index contributed by atoms with van der Waals surface area (Å²) < 4.78 is 12.2. The molecule has 0 aliphatic heterocycles. The monoisotopic (exact) mass is 386 g/mol. The highest BCUT2D eigenvalue weighted by Crippen LogP contribution is 2.37. The summed E-state index contributed by atoms with van der Waals surface area (Å²) in [7, 11) is 1.68. The zero-order valence-electron chi connectivity index (χ0n) is 15.1. The van der Waals surface area contributed by atoms with Crippen molar-refractivity contribution in [2.24, 2.45) is 0 Å². The number of halogens is 1. The SMILES string of the molecule is CCN(CC)CCCNCc1cc(Br)c(OC(C)C)c(OC)c1. The Morgan fingerprint density at radius 3 is 2.48 bits per heavy atom. The van der Waals surface area contributed by atoms with E-state index in [4.69, 9.17) is 9.47 Å². The van der Waals surface area contributed by atoms with Crippen molar-refractivity contribution in [3.63, 3.8) is 0 Å². The van der Waals surface area contributed by atoms with Gasteiger partial charge in [0.1, 0.15) is 0 Å². The second kappa shape index (κ2) is 10.9. The normalized spacial score (nSPS) is 11.3. The molecule has 4 nitrogen and oxygen atoms in total. The molecule has 1 aromatic rings. The van der Waals surface area contributed by atoms with Crippen LogP contribution in [0.4, 0.5) is 0 Å². The predicted octanol–water partition coefficient (Wildman–Crippen LogP) is 4.07. The Labute approximate surface area is 149 Å². The van der Waals surface area contributed by atoms with Gasteiger partial charge in [-0.2, -0.15) is 0 Å². The first-order valence-electron chi connectivity index (χ1n) is 8.47. The average molecular weight is 387 g/mol. The Bertz CT molecular complexity index is 463. The van der Waals surface area contributed by atoms with Crippen molar-refractivity contribution in [3.05, 3.63) is 22.2 Å². The molecule has 132 valence electrons. The molecule has 0 bridgehead atoms. The molecule has 1 N–H and O–H groups in total. The molecule has 0 unspecified atom stereocenters. The quantitative estimate of drug-likeness (QED) is 0.581. The lowest BCUT2D eigenvalue weighted by Crippen LogP contribution is -2.27. The van der Waals surface area contributed by atoms with Crippen molar-refractivity contribution in [3.8, 4) is 11.5 Å². The van der Waals surface area contributed by atoms with Gasteiger partial charge in [0.2, 0.25) is 0 Å². The molecule has 1 rings (SSSR count). The summed E-state index contributed by atoms with van der Waals surface area (Å²) >= 11 is 3.59. The second-order valence-electron chi connectivity index (χ2n) is 5.83. The third-order valence-electron chi connectivity index (χ3n) is 3.69. The molecule has 0 amide bonds. The second-order valence-corrected chi connectivity index (χ2v) is 6.69. The minimum absolute atomic E-state index is 0.115. The van der Waals surface area contributed by atoms with Crippen LogP contribution in [-0.4, -0.2) is 44.3 Å². The average Bonchev–Trinajstić information content (AvgIpc) is 2.52. The number of hydrogen-bond acceptors (Lipinski definition) is 4. The van der Waals surface area contributed by atoms with E-state index in [2.05, 4.69) is 46.1 Å². The van der Waals surface area contributed by atoms with Crippen molar-refractivity contribution in [2.45, 2.75) is 46.8 Å². The van der Waals surface area contributed by atoms with Crippen LogP contribution in [0.5, 0.6) is 11.5 Å². The number of rotatable bonds is 11. The van der Waals surface area contributed by atoms with Crippen LogP contribution in [0.15, 0.2) is 16.6 Å². The van der Waals surface area contributed by atoms with E-state index in [1.165, 1.54) is 5.56 Å². The van der Waals surface area contributed by atoms with Crippen LogP contribution in [-0.2, 0) is 6.54 Å². The first-order chi connectivity index (χ1) is 11.0. The van der Waals surface area contributed by atoms with Crippen LogP contribution in [0.1, 0.15) is 39.7 Å². The number of nitrogens with zero attached hydrogens (tertiary/aromatic N) is 1. The smallest absolute Gasteiger partial charge is 0.175 e.